The van der Waals surface area contributed by atoms with E-state index in [2.05, 4.69) is 9.97 Å². The lowest BCUT2D eigenvalue weighted by Crippen LogP contribution is -2.36. The number of carbonyl (C=O) groups is 1. The Kier molecular flexibility index (Phi) is 6.17. The Balaban J connectivity index is 1.49. The SMILES string of the molecule is O=C(CSc1ncc(S(=O)(=O)c2ccc(Cl)cc2)c(=O)[nH]1)N1CCCc2ccccc21. The zero-order chi connectivity index (χ0) is 22.0. The zero-order valence-corrected chi connectivity index (χ0v) is 18.6. The van der Waals surface area contributed by atoms with Gasteiger partial charge in [0.1, 0.15) is 0 Å². The first kappa shape index (κ1) is 21.6. The molecule has 31 heavy (non-hydrogen) atoms. The van der Waals surface area contributed by atoms with Crippen LogP contribution in [0.25, 0.3) is 0 Å². The molecule has 0 saturated heterocycles. The Morgan fingerprint density at radius 3 is 2.65 bits per heavy atom. The number of anilines is 1. The van der Waals surface area contributed by atoms with E-state index in [0.717, 1.165) is 42.1 Å². The summed E-state index contributed by atoms with van der Waals surface area (Å²) in [6.07, 6.45) is 2.84. The van der Waals surface area contributed by atoms with Crippen LogP contribution in [-0.2, 0) is 21.1 Å². The van der Waals surface area contributed by atoms with Gasteiger partial charge in [-0.2, -0.15) is 0 Å². The Morgan fingerprint density at radius 1 is 1.16 bits per heavy atom. The van der Waals surface area contributed by atoms with E-state index in [1.54, 1.807) is 4.90 Å². The van der Waals surface area contributed by atoms with Crippen LogP contribution >= 0.6 is 23.4 Å². The quantitative estimate of drug-likeness (QED) is 0.448. The molecule has 1 aliphatic heterocycles. The number of amides is 1. The number of carbonyl (C=O) groups excluding carboxylic acids is 1. The highest BCUT2D eigenvalue weighted by atomic mass is 35.5. The van der Waals surface area contributed by atoms with Crippen LogP contribution in [0.15, 0.2) is 74.5 Å². The van der Waals surface area contributed by atoms with E-state index in [4.69, 9.17) is 11.6 Å². The van der Waals surface area contributed by atoms with Gasteiger partial charge in [-0.3, -0.25) is 9.59 Å². The van der Waals surface area contributed by atoms with Crippen molar-refractivity contribution in [3.8, 4) is 0 Å². The number of halogens is 1. The van der Waals surface area contributed by atoms with Gasteiger partial charge >= 0.3 is 0 Å². The molecule has 160 valence electrons. The summed E-state index contributed by atoms with van der Waals surface area (Å²) in [4.78, 5) is 32.9. The third kappa shape index (κ3) is 4.53. The summed E-state index contributed by atoms with van der Waals surface area (Å²) >= 11 is 6.85. The van der Waals surface area contributed by atoms with Crippen molar-refractivity contribution in [2.75, 3.05) is 17.2 Å². The normalized spacial score (nSPS) is 13.6. The molecule has 0 atom stereocenters. The number of fused-ring (bicyclic) bond motifs is 1. The lowest BCUT2D eigenvalue weighted by atomic mass is 10.0. The lowest BCUT2D eigenvalue weighted by Gasteiger charge is -2.29. The summed E-state index contributed by atoms with van der Waals surface area (Å²) in [5, 5.41) is 0.567. The zero-order valence-electron chi connectivity index (χ0n) is 16.2. The minimum absolute atomic E-state index is 0.0523. The molecule has 2 aromatic carbocycles. The predicted molar refractivity (Wildman–Crippen MR) is 120 cm³/mol. The molecule has 0 aliphatic carbocycles. The number of H-pyrrole nitrogens is 1. The highest BCUT2D eigenvalue weighted by Gasteiger charge is 2.24. The van der Waals surface area contributed by atoms with Crippen molar-refractivity contribution >= 4 is 44.8 Å². The van der Waals surface area contributed by atoms with Crippen LogP contribution in [0.3, 0.4) is 0 Å². The summed E-state index contributed by atoms with van der Waals surface area (Å²) in [7, 11) is -4.03. The Hall–Kier alpha value is -2.62. The summed E-state index contributed by atoms with van der Waals surface area (Å²) in [6, 6.07) is 13.3. The fourth-order valence-electron chi connectivity index (χ4n) is 3.37. The number of para-hydroxylation sites is 1. The van der Waals surface area contributed by atoms with Gasteiger partial charge in [0.05, 0.1) is 16.8 Å². The second-order valence-corrected chi connectivity index (χ2v) is 10.2. The van der Waals surface area contributed by atoms with Crippen LogP contribution in [0.4, 0.5) is 5.69 Å². The summed E-state index contributed by atoms with van der Waals surface area (Å²) < 4.78 is 25.4. The second kappa shape index (κ2) is 8.86. The number of benzene rings is 2. The molecule has 0 radical (unpaired) electrons. The third-order valence-electron chi connectivity index (χ3n) is 4.90. The molecule has 2 heterocycles. The molecule has 0 bridgehead atoms. The molecular formula is C21H18ClN3O4S2. The molecule has 7 nitrogen and oxygen atoms in total. The number of nitrogens with one attached hydrogen (secondary N) is 1. The molecule has 1 amide bonds. The van der Waals surface area contributed by atoms with E-state index in [-0.39, 0.29) is 21.7 Å². The van der Waals surface area contributed by atoms with E-state index in [0.29, 0.717) is 11.6 Å². The molecule has 3 aromatic rings. The number of aryl methyl sites for hydroxylation is 1. The molecule has 1 aromatic heterocycles. The van der Waals surface area contributed by atoms with Gasteiger partial charge in [-0.1, -0.05) is 41.6 Å². The number of sulfone groups is 1. The fourth-order valence-corrected chi connectivity index (χ4v) is 5.44. The molecule has 0 unspecified atom stereocenters. The van der Waals surface area contributed by atoms with Gasteiger partial charge in [-0.25, -0.2) is 13.4 Å². The second-order valence-electron chi connectivity index (χ2n) is 6.91. The summed E-state index contributed by atoms with van der Waals surface area (Å²) in [5.41, 5.74) is 1.25. The van der Waals surface area contributed by atoms with Crippen LogP contribution < -0.4 is 10.5 Å². The van der Waals surface area contributed by atoms with Crippen LogP contribution in [0.2, 0.25) is 5.02 Å². The first-order valence-corrected chi connectivity index (χ1v) is 12.3. The first-order chi connectivity index (χ1) is 14.9. The minimum atomic E-state index is -4.03. The molecule has 1 N–H and O–H groups in total. The number of nitrogens with zero attached hydrogens (tertiary/aromatic N) is 2. The molecule has 0 spiro atoms. The van der Waals surface area contributed by atoms with Gasteiger partial charge in [-0.15, -0.1) is 0 Å². The van der Waals surface area contributed by atoms with Gasteiger partial charge in [0.25, 0.3) is 5.56 Å². The van der Waals surface area contributed by atoms with E-state index in [1.807, 2.05) is 24.3 Å². The van der Waals surface area contributed by atoms with E-state index in [9.17, 15) is 18.0 Å². The Bertz CT molecular complexity index is 1290. The average Bonchev–Trinajstić information content (AvgIpc) is 2.77. The van der Waals surface area contributed by atoms with Crippen molar-refractivity contribution in [3.63, 3.8) is 0 Å². The monoisotopic (exact) mass is 475 g/mol. The van der Waals surface area contributed by atoms with Crippen LogP contribution in [0.5, 0.6) is 0 Å². The van der Waals surface area contributed by atoms with Crippen LogP contribution in [0.1, 0.15) is 12.0 Å². The maximum absolute atomic E-state index is 12.7. The number of thioether (sulfide) groups is 1. The summed E-state index contributed by atoms with van der Waals surface area (Å²) in [6.45, 7) is 0.638. The maximum Gasteiger partial charge on any atom is 0.270 e. The largest absolute Gasteiger partial charge is 0.311 e. The number of hydrogen-bond donors (Lipinski definition) is 1. The van der Waals surface area contributed by atoms with E-state index < -0.39 is 20.3 Å². The van der Waals surface area contributed by atoms with Gasteiger partial charge < -0.3 is 9.88 Å². The summed E-state index contributed by atoms with van der Waals surface area (Å²) in [5.74, 6) is -0.0294. The van der Waals surface area contributed by atoms with Gasteiger partial charge in [0, 0.05) is 17.3 Å². The van der Waals surface area contributed by atoms with Crippen LogP contribution in [0, 0.1) is 0 Å². The Labute approximate surface area is 188 Å². The molecule has 10 heteroatoms. The van der Waals surface area contributed by atoms with Crippen molar-refractivity contribution < 1.29 is 13.2 Å². The molecule has 0 saturated carbocycles. The van der Waals surface area contributed by atoms with Crippen LogP contribution in [-0.4, -0.2) is 36.6 Å². The van der Waals surface area contributed by atoms with E-state index in [1.165, 1.54) is 24.3 Å². The first-order valence-electron chi connectivity index (χ1n) is 9.47. The number of rotatable bonds is 5. The average molecular weight is 476 g/mol. The highest BCUT2D eigenvalue weighted by molar-refractivity contribution is 7.99. The van der Waals surface area contributed by atoms with Crippen molar-refractivity contribution in [1.29, 1.82) is 0 Å². The minimum Gasteiger partial charge on any atom is -0.311 e. The standard InChI is InChI=1S/C21H18ClN3O4S2/c22-15-7-9-16(10-8-15)31(28,29)18-12-23-21(24-20(18)27)30-13-19(26)25-11-3-5-14-4-1-2-6-17(14)25/h1-2,4,6-10,12H,3,5,11,13H2,(H,23,24,27). The smallest absolute Gasteiger partial charge is 0.270 e. The van der Waals surface area contributed by atoms with Crippen molar-refractivity contribution in [3.05, 3.63) is 75.7 Å². The maximum atomic E-state index is 12.7. The van der Waals surface area contributed by atoms with Crippen molar-refractivity contribution in [2.24, 2.45) is 0 Å². The fraction of sp³-hybridized carbons (Fsp3) is 0.190. The van der Waals surface area contributed by atoms with Gasteiger partial charge in [0.15, 0.2) is 10.1 Å². The molecule has 0 fully saturated rings. The number of aromatic nitrogens is 2. The predicted octanol–water partition coefficient (Wildman–Crippen LogP) is 3.33. The third-order valence-corrected chi connectivity index (χ3v) is 7.79. The number of aromatic amines is 1. The topological polar surface area (TPSA) is 100 Å². The van der Waals surface area contributed by atoms with Crippen molar-refractivity contribution in [1.82, 2.24) is 9.97 Å². The lowest BCUT2D eigenvalue weighted by molar-refractivity contribution is -0.116. The highest BCUT2D eigenvalue weighted by Crippen LogP contribution is 2.28. The number of hydrogen-bond acceptors (Lipinski definition) is 6. The molecule has 4 rings (SSSR count). The van der Waals surface area contributed by atoms with Gasteiger partial charge in [-0.05, 0) is 48.7 Å². The molecule has 1 aliphatic rings. The Morgan fingerprint density at radius 2 is 1.90 bits per heavy atom. The molecular weight excluding hydrogens is 458 g/mol. The van der Waals surface area contributed by atoms with Crippen molar-refractivity contribution in [2.45, 2.75) is 27.8 Å². The van der Waals surface area contributed by atoms with Gasteiger partial charge in [0.2, 0.25) is 15.7 Å². The van der Waals surface area contributed by atoms with E-state index >= 15 is 0 Å².